The van der Waals surface area contributed by atoms with Gasteiger partial charge in [-0.25, -0.2) is 9.97 Å². The molecule has 2 heterocycles. The predicted molar refractivity (Wildman–Crippen MR) is 82.3 cm³/mol. The molecule has 5 heteroatoms. The Morgan fingerprint density at radius 3 is 2.85 bits per heavy atom. The molecular formula is C15H17N3OS. The van der Waals surface area contributed by atoms with Crippen molar-refractivity contribution in [2.24, 2.45) is 0 Å². The molecule has 1 N–H and O–H groups in total. The van der Waals surface area contributed by atoms with Crippen molar-refractivity contribution in [3.05, 3.63) is 40.2 Å². The molecule has 0 unspecified atom stereocenters. The van der Waals surface area contributed by atoms with E-state index in [0.717, 1.165) is 39.9 Å². The molecular weight excluding hydrogens is 270 g/mol. The van der Waals surface area contributed by atoms with E-state index in [0.29, 0.717) is 5.92 Å². The van der Waals surface area contributed by atoms with Gasteiger partial charge in [-0.15, -0.1) is 11.3 Å². The Kier molecular flexibility index (Phi) is 3.44. The van der Waals surface area contributed by atoms with Gasteiger partial charge in [-0.3, -0.25) is 0 Å². The lowest BCUT2D eigenvalue weighted by Crippen LogP contribution is -1.99. The Hall–Kier alpha value is -1.88. The van der Waals surface area contributed by atoms with Gasteiger partial charge >= 0.3 is 0 Å². The van der Waals surface area contributed by atoms with Crippen LogP contribution >= 0.6 is 11.3 Å². The highest BCUT2D eigenvalue weighted by Crippen LogP contribution is 2.24. The summed E-state index contributed by atoms with van der Waals surface area (Å²) in [5, 5.41) is 6.54. The number of anilines is 1. The van der Waals surface area contributed by atoms with Crippen LogP contribution in [0.25, 0.3) is 11.1 Å². The molecule has 0 spiro atoms. The monoisotopic (exact) mass is 287 g/mol. The second-order valence-corrected chi connectivity index (χ2v) is 6.16. The standard InChI is InChI=1S/C15H17N3OS/c1-9(2)15-18-13-6-11(4-5-14(13)19-15)16-7-12-8-20-10(3)17-12/h4-6,8-9,16H,7H2,1-3H3. The van der Waals surface area contributed by atoms with Crippen LogP contribution in [0.5, 0.6) is 0 Å². The topological polar surface area (TPSA) is 51.0 Å². The van der Waals surface area contributed by atoms with Gasteiger partial charge in [-0.1, -0.05) is 13.8 Å². The van der Waals surface area contributed by atoms with Gasteiger partial charge < -0.3 is 9.73 Å². The van der Waals surface area contributed by atoms with E-state index in [1.54, 1.807) is 11.3 Å². The summed E-state index contributed by atoms with van der Waals surface area (Å²) in [4.78, 5) is 8.95. The summed E-state index contributed by atoms with van der Waals surface area (Å²) in [6.45, 7) is 6.90. The van der Waals surface area contributed by atoms with Gasteiger partial charge in [0, 0.05) is 17.0 Å². The molecule has 0 aliphatic rings. The summed E-state index contributed by atoms with van der Waals surface area (Å²) in [6.07, 6.45) is 0. The third-order valence-electron chi connectivity index (χ3n) is 3.04. The largest absolute Gasteiger partial charge is 0.440 e. The average Bonchev–Trinajstić information content (AvgIpc) is 3.01. The van der Waals surface area contributed by atoms with Crippen LogP contribution in [0.2, 0.25) is 0 Å². The van der Waals surface area contributed by atoms with Gasteiger partial charge in [0.2, 0.25) is 0 Å². The first-order chi connectivity index (χ1) is 9.61. The number of hydrogen-bond acceptors (Lipinski definition) is 5. The maximum Gasteiger partial charge on any atom is 0.198 e. The van der Waals surface area contributed by atoms with Crippen LogP contribution in [-0.4, -0.2) is 9.97 Å². The molecule has 104 valence electrons. The molecule has 0 aliphatic heterocycles. The van der Waals surface area contributed by atoms with Gasteiger partial charge in [0.05, 0.1) is 17.2 Å². The van der Waals surface area contributed by atoms with Crippen molar-refractivity contribution in [3.63, 3.8) is 0 Å². The first-order valence-electron chi connectivity index (χ1n) is 6.67. The van der Waals surface area contributed by atoms with Gasteiger partial charge in [-0.05, 0) is 25.1 Å². The van der Waals surface area contributed by atoms with E-state index in [-0.39, 0.29) is 0 Å². The lowest BCUT2D eigenvalue weighted by Gasteiger charge is -2.03. The summed E-state index contributed by atoms with van der Waals surface area (Å²) in [5.41, 5.74) is 3.83. The van der Waals surface area contributed by atoms with Crippen LogP contribution in [-0.2, 0) is 6.54 Å². The Morgan fingerprint density at radius 1 is 1.30 bits per heavy atom. The second-order valence-electron chi connectivity index (χ2n) is 5.10. The van der Waals surface area contributed by atoms with Gasteiger partial charge in [0.1, 0.15) is 5.52 Å². The molecule has 20 heavy (non-hydrogen) atoms. The lowest BCUT2D eigenvalue weighted by atomic mass is 10.2. The first kappa shape index (κ1) is 13.1. The number of thiazole rings is 1. The number of aryl methyl sites for hydroxylation is 1. The highest BCUT2D eigenvalue weighted by atomic mass is 32.1. The molecule has 3 rings (SSSR count). The molecule has 0 atom stereocenters. The number of hydrogen-bond donors (Lipinski definition) is 1. The fraction of sp³-hybridized carbons (Fsp3) is 0.333. The summed E-state index contributed by atoms with van der Waals surface area (Å²) in [5.74, 6) is 1.09. The third kappa shape index (κ3) is 2.67. The van der Waals surface area contributed by atoms with E-state index in [4.69, 9.17) is 4.42 Å². The van der Waals surface area contributed by atoms with E-state index in [2.05, 4.69) is 34.5 Å². The first-order valence-corrected chi connectivity index (χ1v) is 7.55. The Morgan fingerprint density at radius 2 is 2.15 bits per heavy atom. The molecule has 0 radical (unpaired) electrons. The van der Waals surface area contributed by atoms with Gasteiger partial charge in [-0.2, -0.15) is 0 Å². The van der Waals surface area contributed by atoms with Crippen LogP contribution in [0.1, 0.15) is 36.4 Å². The minimum absolute atomic E-state index is 0.303. The highest BCUT2D eigenvalue weighted by molar-refractivity contribution is 7.09. The zero-order valence-electron chi connectivity index (χ0n) is 11.8. The van der Waals surface area contributed by atoms with Gasteiger partial charge in [0.25, 0.3) is 0 Å². The van der Waals surface area contributed by atoms with E-state index < -0.39 is 0 Å². The molecule has 0 aliphatic carbocycles. The molecule has 0 bridgehead atoms. The molecule has 3 aromatic rings. The minimum atomic E-state index is 0.303. The van der Waals surface area contributed by atoms with Crippen molar-refractivity contribution in [3.8, 4) is 0 Å². The van der Waals surface area contributed by atoms with Crippen molar-refractivity contribution in [1.82, 2.24) is 9.97 Å². The summed E-state index contributed by atoms with van der Waals surface area (Å²) in [7, 11) is 0. The molecule has 4 nitrogen and oxygen atoms in total. The third-order valence-corrected chi connectivity index (χ3v) is 3.86. The smallest absolute Gasteiger partial charge is 0.198 e. The maximum atomic E-state index is 5.70. The lowest BCUT2D eigenvalue weighted by molar-refractivity contribution is 0.501. The number of rotatable bonds is 4. The fourth-order valence-electron chi connectivity index (χ4n) is 1.98. The maximum absolute atomic E-state index is 5.70. The van der Waals surface area contributed by atoms with Crippen LogP contribution < -0.4 is 5.32 Å². The molecule has 1 aromatic carbocycles. The number of nitrogens with zero attached hydrogens (tertiary/aromatic N) is 2. The predicted octanol–water partition coefficient (Wildman–Crippen LogP) is 4.33. The van der Waals surface area contributed by atoms with Crippen molar-refractivity contribution in [2.45, 2.75) is 33.2 Å². The Balaban J connectivity index is 1.78. The quantitative estimate of drug-likeness (QED) is 0.776. The Bertz CT molecular complexity index is 730. The number of fused-ring (bicyclic) bond motifs is 1. The Labute approximate surface area is 121 Å². The van der Waals surface area contributed by atoms with Crippen LogP contribution in [0, 0.1) is 6.92 Å². The SMILES string of the molecule is Cc1nc(CNc2ccc3oc(C(C)C)nc3c2)cs1. The minimum Gasteiger partial charge on any atom is -0.440 e. The number of benzene rings is 1. The summed E-state index contributed by atoms with van der Waals surface area (Å²) >= 11 is 1.67. The van der Waals surface area contributed by atoms with E-state index >= 15 is 0 Å². The van der Waals surface area contributed by atoms with Crippen molar-refractivity contribution in [2.75, 3.05) is 5.32 Å². The fourth-order valence-corrected chi connectivity index (χ4v) is 2.60. The van der Waals surface area contributed by atoms with E-state index in [9.17, 15) is 0 Å². The van der Waals surface area contributed by atoms with Gasteiger partial charge in [0.15, 0.2) is 11.5 Å². The molecule has 2 aromatic heterocycles. The zero-order chi connectivity index (χ0) is 14.1. The normalized spacial score (nSPS) is 11.4. The molecule has 0 saturated carbocycles. The zero-order valence-corrected chi connectivity index (χ0v) is 12.6. The van der Waals surface area contributed by atoms with Crippen LogP contribution in [0.15, 0.2) is 28.0 Å². The molecule has 0 fully saturated rings. The molecule has 0 amide bonds. The van der Waals surface area contributed by atoms with Crippen molar-refractivity contribution < 1.29 is 4.42 Å². The van der Waals surface area contributed by atoms with Crippen LogP contribution in [0.4, 0.5) is 5.69 Å². The highest BCUT2D eigenvalue weighted by Gasteiger charge is 2.09. The summed E-state index contributed by atoms with van der Waals surface area (Å²) < 4.78 is 5.70. The van der Waals surface area contributed by atoms with Crippen LogP contribution in [0.3, 0.4) is 0 Å². The second kappa shape index (κ2) is 5.25. The number of nitrogens with one attached hydrogen (secondary N) is 1. The number of oxazole rings is 1. The average molecular weight is 287 g/mol. The van der Waals surface area contributed by atoms with E-state index in [1.807, 2.05) is 25.1 Å². The van der Waals surface area contributed by atoms with Crippen molar-refractivity contribution >= 4 is 28.1 Å². The van der Waals surface area contributed by atoms with Crippen molar-refractivity contribution in [1.29, 1.82) is 0 Å². The number of aromatic nitrogens is 2. The van der Waals surface area contributed by atoms with E-state index in [1.165, 1.54) is 0 Å². The molecule has 0 saturated heterocycles. The summed E-state index contributed by atoms with van der Waals surface area (Å²) in [6, 6.07) is 5.99.